The summed E-state index contributed by atoms with van der Waals surface area (Å²) in [5.74, 6) is 0.0700. The molecule has 2 rings (SSSR count). The van der Waals surface area contributed by atoms with Crippen molar-refractivity contribution in [3.63, 3.8) is 0 Å². The van der Waals surface area contributed by atoms with Crippen molar-refractivity contribution in [2.45, 2.75) is 19.3 Å². The van der Waals surface area contributed by atoms with E-state index in [0.717, 1.165) is 6.42 Å². The van der Waals surface area contributed by atoms with Crippen LogP contribution in [0.15, 0.2) is 46.6 Å². The molecule has 2 heterocycles. The first-order chi connectivity index (χ1) is 13.1. The number of hydrogen-bond donors (Lipinski definition) is 2. The van der Waals surface area contributed by atoms with Gasteiger partial charge < -0.3 is 20.2 Å². The van der Waals surface area contributed by atoms with Gasteiger partial charge in [-0.25, -0.2) is 10.9 Å². The molecule has 0 bridgehead atoms. The Morgan fingerprint density at radius 2 is 1.30 bits per heavy atom. The van der Waals surface area contributed by atoms with Crippen molar-refractivity contribution in [3.05, 3.63) is 56.6 Å². The Balaban J connectivity index is 1.65. The lowest BCUT2D eigenvalue weighted by Gasteiger charge is -1.96. The number of nitro groups is 2. The van der Waals surface area contributed by atoms with Crippen LogP contribution in [0.2, 0.25) is 0 Å². The summed E-state index contributed by atoms with van der Waals surface area (Å²) < 4.78 is 0. The number of pyridine rings is 2. The Morgan fingerprint density at radius 1 is 0.852 bits per heavy atom. The molecule has 0 unspecified atom stereocenters. The van der Waals surface area contributed by atoms with Crippen molar-refractivity contribution in [1.29, 1.82) is 0 Å². The van der Waals surface area contributed by atoms with Crippen molar-refractivity contribution in [3.8, 4) is 0 Å². The van der Waals surface area contributed by atoms with Gasteiger partial charge in [0.05, 0.1) is 0 Å². The molecule has 0 saturated heterocycles. The zero-order valence-corrected chi connectivity index (χ0v) is 14.1. The van der Waals surface area contributed by atoms with Gasteiger partial charge in [0.1, 0.15) is 0 Å². The second-order valence-corrected chi connectivity index (χ2v) is 5.05. The fourth-order valence-corrected chi connectivity index (χ4v) is 1.83. The van der Waals surface area contributed by atoms with Crippen molar-refractivity contribution >= 4 is 35.7 Å². The molecule has 12 heteroatoms. The molecule has 0 aliphatic rings. The molecule has 0 saturated carbocycles. The molecule has 0 atom stereocenters. The predicted octanol–water partition coefficient (Wildman–Crippen LogP) is 2.96. The van der Waals surface area contributed by atoms with Crippen LogP contribution in [0.3, 0.4) is 0 Å². The lowest BCUT2D eigenvalue weighted by Crippen LogP contribution is -1.97. The van der Waals surface area contributed by atoms with Crippen molar-refractivity contribution in [2.24, 2.45) is 10.2 Å². The summed E-state index contributed by atoms with van der Waals surface area (Å²) in [5.41, 5.74) is 5.24. The third kappa shape index (κ3) is 6.81. The van der Waals surface area contributed by atoms with Gasteiger partial charge in [-0.05, 0) is 51.2 Å². The van der Waals surface area contributed by atoms with Gasteiger partial charge in [-0.3, -0.25) is 0 Å². The Bertz CT molecular complexity index is 786. The van der Waals surface area contributed by atoms with E-state index in [0.29, 0.717) is 12.8 Å². The zero-order chi connectivity index (χ0) is 19.5. The van der Waals surface area contributed by atoms with Crippen LogP contribution in [0.4, 0.5) is 23.3 Å². The number of nitrogens with one attached hydrogen (secondary N) is 2. The van der Waals surface area contributed by atoms with E-state index in [1.807, 2.05) is 0 Å². The van der Waals surface area contributed by atoms with Gasteiger partial charge in [0.2, 0.25) is 0 Å². The molecule has 0 spiro atoms. The van der Waals surface area contributed by atoms with Crippen LogP contribution in [-0.4, -0.2) is 32.2 Å². The van der Waals surface area contributed by atoms with E-state index in [1.54, 1.807) is 24.6 Å². The molecular formula is C15H16N8O4. The highest BCUT2D eigenvalue weighted by Gasteiger charge is 2.08. The summed E-state index contributed by atoms with van der Waals surface area (Å²) in [6.45, 7) is 0. The van der Waals surface area contributed by atoms with Gasteiger partial charge >= 0.3 is 11.6 Å². The fraction of sp³-hybridized carbons (Fsp3) is 0.200. The van der Waals surface area contributed by atoms with Crippen LogP contribution in [-0.2, 0) is 0 Å². The van der Waals surface area contributed by atoms with E-state index in [-0.39, 0.29) is 23.3 Å². The first-order valence-corrected chi connectivity index (χ1v) is 7.84. The molecule has 0 aliphatic heterocycles. The van der Waals surface area contributed by atoms with Crippen LogP contribution in [0, 0.1) is 20.2 Å². The topological polar surface area (TPSA) is 161 Å². The fourth-order valence-electron chi connectivity index (χ4n) is 1.83. The number of hydrazone groups is 2. The summed E-state index contributed by atoms with van der Waals surface area (Å²) >= 11 is 0. The molecule has 2 aromatic heterocycles. The van der Waals surface area contributed by atoms with E-state index in [4.69, 9.17) is 0 Å². The average Bonchev–Trinajstić information content (AvgIpc) is 2.67. The normalized spacial score (nSPS) is 11.0. The molecular weight excluding hydrogens is 356 g/mol. The maximum Gasteiger partial charge on any atom is 0.365 e. The third-order valence-electron chi connectivity index (χ3n) is 3.05. The number of anilines is 2. The quantitative estimate of drug-likeness (QED) is 0.278. The molecule has 140 valence electrons. The largest absolute Gasteiger partial charge is 0.365 e. The second-order valence-electron chi connectivity index (χ2n) is 5.05. The Labute approximate surface area is 153 Å². The lowest BCUT2D eigenvalue weighted by atomic mass is 10.3. The Morgan fingerprint density at radius 3 is 1.70 bits per heavy atom. The van der Waals surface area contributed by atoms with Gasteiger partial charge in [-0.2, -0.15) is 10.2 Å². The van der Waals surface area contributed by atoms with Gasteiger partial charge in [-0.1, -0.05) is 0 Å². The molecule has 0 aliphatic carbocycles. The molecule has 0 aromatic carbocycles. The molecule has 27 heavy (non-hydrogen) atoms. The number of aromatic nitrogens is 2. The van der Waals surface area contributed by atoms with Crippen LogP contribution in [0.1, 0.15) is 19.3 Å². The van der Waals surface area contributed by atoms with Gasteiger partial charge in [0.15, 0.2) is 0 Å². The van der Waals surface area contributed by atoms with Crippen LogP contribution >= 0.6 is 0 Å². The summed E-state index contributed by atoms with van der Waals surface area (Å²) in [6.07, 6.45) is 5.33. The van der Waals surface area contributed by atoms with E-state index in [2.05, 4.69) is 31.0 Å². The van der Waals surface area contributed by atoms with Crippen molar-refractivity contribution in [2.75, 3.05) is 10.9 Å². The highest BCUT2D eigenvalue weighted by Crippen LogP contribution is 2.11. The summed E-state index contributed by atoms with van der Waals surface area (Å²) in [7, 11) is 0. The summed E-state index contributed by atoms with van der Waals surface area (Å²) in [6, 6.07) is 8.78. The maximum atomic E-state index is 10.6. The zero-order valence-electron chi connectivity index (χ0n) is 14.1. The molecule has 2 aromatic rings. The second kappa shape index (κ2) is 10.1. The number of unbranched alkanes of at least 4 members (excludes halogenated alkanes) is 2. The highest BCUT2D eigenvalue weighted by atomic mass is 16.6. The van der Waals surface area contributed by atoms with Crippen molar-refractivity contribution < 1.29 is 9.85 Å². The first-order valence-electron chi connectivity index (χ1n) is 7.84. The molecule has 0 amide bonds. The first kappa shape index (κ1) is 19.4. The van der Waals surface area contributed by atoms with E-state index < -0.39 is 9.85 Å². The molecule has 0 radical (unpaired) electrons. The molecule has 2 N–H and O–H groups in total. The standard InChI is InChI=1S/C15H16N8O4/c24-22(25)14-8-4-6-12(18-14)20-16-10-2-1-3-11-17-21-13-7-5-9-15(19-13)23(26)27/h4-11H,1-3H2,(H,18,20)(H,19,21)/b16-10-,17-11+. The summed E-state index contributed by atoms with van der Waals surface area (Å²) in [5, 5.41) is 29.1. The van der Waals surface area contributed by atoms with Gasteiger partial charge in [0.25, 0.3) is 11.6 Å². The minimum absolute atomic E-state index is 0.253. The predicted molar refractivity (Wildman–Crippen MR) is 99.9 cm³/mol. The molecule has 0 fully saturated rings. The Hall–Kier alpha value is -3.96. The van der Waals surface area contributed by atoms with Gasteiger partial charge in [-0.15, -0.1) is 0 Å². The highest BCUT2D eigenvalue weighted by molar-refractivity contribution is 5.62. The average molecular weight is 372 g/mol. The maximum absolute atomic E-state index is 10.6. The Kier molecular flexibility index (Phi) is 7.26. The number of nitrogens with zero attached hydrogens (tertiary/aromatic N) is 6. The summed E-state index contributed by atoms with van der Waals surface area (Å²) in [4.78, 5) is 27.6. The smallest absolute Gasteiger partial charge is 0.358 e. The van der Waals surface area contributed by atoms with Crippen LogP contribution in [0.5, 0.6) is 0 Å². The lowest BCUT2D eigenvalue weighted by molar-refractivity contribution is -0.389. The van der Waals surface area contributed by atoms with Crippen LogP contribution < -0.4 is 10.9 Å². The van der Waals surface area contributed by atoms with E-state index >= 15 is 0 Å². The van der Waals surface area contributed by atoms with Crippen molar-refractivity contribution in [1.82, 2.24) is 9.97 Å². The SMILES string of the molecule is O=[N+]([O-])c1cccc(N/N=C\CCC/C=N/Nc2cccc([N+](=O)[O-])n2)n1. The minimum atomic E-state index is -0.578. The number of hydrogen-bond acceptors (Lipinski definition) is 10. The van der Waals surface area contributed by atoms with Gasteiger partial charge in [0, 0.05) is 36.7 Å². The molecule has 12 nitrogen and oxygen atoms in total. The monoisotopic (exact) mass is 372 g/mol. The van der Waals surface area contributed by atoms with E-state index in [1.165, 1.54) is 24.3 Å². The number of rotatable bonds is 10. The van der Waals surface area contributed by atoms with E-state index in [9.17, 15) is 20.2 Å². The minimum Gasteiger partial charge on any atom is -0.358 e. The third-order valence-corrected chi connectivity index (χ3v) is 3.05. The van der Waals surface area contributed by atoms with Crippen LogP contribution in [0.25, 0.3) is 0 Å².